The molecule has 1 fully saturated rings. The molecule has 0 heterocycles. The maximum Gasteiger partial charge on any atom is 0.269 e. The first kappa shape index (κ1) is 15.5. The van der Waals surface area contributed by atoms with E-state index in [1.165, 1.54) is 12.1 Å². The molecule has 0 aliphatic heterocycles. The van der Waals surface area contributed by atoms with E-state index < -0.39 is 11.3 Å². The molecular formula is C17H14ClFN2O2. The van der Waals surface area contributed by atoms with Crippen LogP contribution in [0.4, 0.5) is 4.39 Å². The molecule has 1 aliphatic carbocycles. The van der Waals surface area contributed by atoms with Crippen molar-refractivity contribution in [2.45, 2.75) is 18.3 Å². The van der Waals surface area contributed by atoms with Gasteiger partial charge in [-0.25, -0.2) is 4.39 Å². The van der Waals surface area contributed by atoms with Gasteiger partial charge in [-0.15, -0.1) is 0 Å². The lowest BCUT2D eigenvalue weighted by Crippen LogP contribution is -2.46. The van der Waals surface area contributed by atoms with E-state index in [0.717, 1.165) is 5.56 Å². The first-order valence-corrected chi connectivity index (χ1v) is 7.51. The Morgan fingerprint density at radius 3 is 2.13 bits per heavy atom. The lowest BCUT2D eigenvalue weighted by atomic mass is 9.95. The van der Waals surface area contributed by atoms with Crippen LogP contribution in [0.3, 0.4) is 0 Å². The van der Waals surface area contributed by atoms with Gasteiger partial charge in [-0.05, 0) is 54.8 Å². The number of amides is 2. The highest BCUT2D eigenvalue weighted by Crippen LogP contribution is 2.48. The van der Waals surface area contributed by atoms with Gasteiger partial charge in [-0.1, -0.05) is 23.7 Å². The van der Waals surface area contributed by atoms with Gasteiger partial charge in [0.1, 0.15) is 5.82 Å². The minimum Gasteiger partial charge on any atom is -0.272 e. The van der Waals surface area contributed by atoms with Gasteiger partial charge in [-0.3, -0.25) is 20.4 Å². The van der Waals surface area contributed by atoms with Gasteiger partial charge < -0.3 is 0 Å². The second-order valence-electron chi connectivity index (χ2n) is 5.50. The normalized spacial score (nSPS) is 14.9. The molecule has 0 unspecified atom stereocenters. The quantitative estimate of drug-likeness (QED) is 0.849. The van der Waals surface area contributed by atoms with E-state index in [9.17, 15) is 14.0 Å². The molecular weight excluding hydrogens is 319 g/mol. The maximum absolute atomic E-state index is 13.0. The van der Waals surface area contributed by atoms with Crippen LogP contribution in [0.1, 0.15) is 28.8 Å². The van der Waals surface area contributed by atoms with Crippen LogP contribution in [-0.2, 0) is 10.2 Å². The van der Waals surface area contributed by atoms with Crippen molar-refractivity contribution < 1.29 is 14.0 Å². The smallest absolute Gasteiger partial charge is 0.269 e. The van der Waals surface area contributed by atoms with E-state index in [-0.39, 0.29) is 11.7 Å². The van der Waals surface area contributed by atoms with Crippen molar-refractivity contribution in [3.8, 4) is 0 Å². The van der Waals surface area contributed by atoms with Crippen molar-refractivity contribution in [1.82, 2.24) is 10.9 Å². The number of halogens is 2. The fraction of sp³-hybridized carbons (Fsp3) is 0.176. The van der Waals surface area contributed by atoms with Crippen LogP contribution in [0.15, 0.2) is 48.5 Å². The number of carbonyl (C=O) groups excluding carboxylic acids is 2. The highest BCUT2D eigenvalue weighted by molar-refractivity contribution is 6.30. The Morgan fingerprint density at radius 1 is 0.957 bits per heavy atom. The highest BCUT2D eigenvalue weighted by atomic mass is 35.5. The SMILES string of the molecule is O=C(NNC(=O)C1(c2ccc(F)cc2)CC1)c1ccc(Cl)cc1. The summed E-state index contributed by atoms with van der Waals surface area (Å²) in [6, 6.07) is 12.2. The largest absolute Gasteiger partial charge is 0.272 e. The van der Waals surface area contributed by atoms with Crippen LogP contribution in [0.25, 0.3) is 0 Å². The fourth-order valence-corrected chi connectivity index (χ4v) is 2.57. The molecule has 23 heavy (non-hydrogen) atoms. The summed E-state index contributed by atoms with van der Waals surface area (Å²) >= 11 is 5.76. The van der Waals surface area contributed by atoms with Gasteiger partial charge in [0, 0.05) is 10.6 Å². The molecule has 0 aromatic heterocycles. The third-order valence-electron chi connectivity index (χ3n) is 3.98. The average Bonchev–Trinajstić information content (AvgIpc) is 3.35. The predicted octanol–water partition coefficient (Wildman–Crippen LogP) is 2.97. The van der Waals surface area contributed by atoms with Crippen molar-refractivity contribution in [2.75, 3.05) is 0 Å². The second kappa shape index (κ2) is 6.01. The zero-order chi connectivity index (χ0) is 16.4. The van der Waals surface area contributed by atoms with Crippen LogP contribution in [0.2, 0.25) is 5.02 Å². The molecule has 1 saturated carbocycles. The first-order valence-electron chi connectivity index (χ1n) is 7.14. The number of hydrazine groups is 1. The van der Waals surface area contributed by atoms with Crippen molar-refractivity contribution in [3.63, 3.8) is 0 Å². The molecule has 2 N–H and O–H groups in total. The van der Waals surface area contributed by atoms with E-state index in [1.54, 1.807) is 36.4 Å². The molecule has 0 saturated heterocycles. The number of nitrogens with one attached hydrogen (secondary N) is 2. The van der Waals surface area contributed by atoms with E-state index >= 15 is 0 Å². The molecule has 1 aliphatic rings. The Balaban J connectivity index is 1.64. The van der Waals surface area contributed by atoms with Crippen LogP contribution in [-0.4, -0.2) is 11.8 Å². The predicted molar refractivity (Wildman–Crippen MR) is 84.4 cm³/mol. The zero-order valence-electron chi connectivity index (χ0n) is 12.1. The van der Waals surface area contributed by atoms with Crippen molar-refractivity contribution in [1.29, 1.82) is 0 Å². The minimum atomic E-state index is -0.680. The van der Waals surface area contributed by atoms with Crippen LogP contribution < -0.4 is 10.9 Å². The standard InChI is InChI=1S/C17H14ClFN2O2/c18-13-5-1-11(2-6-13)15(22)20-21-16(23)17(9-10-17)12-3-7-14(19)8-4-12/h1-8H,9-10H2,(H,20,22)(H,21,23). The van der Waals surface area contributed by atoms with Crippen molar-refractivity contribution >= 4 is 23.4 Å². The van der Waals surface area contributed by atoms with E-state index in [1.807, 2.05) is 0 Å². The van der Waals surface area contributed by atoms with Gasteiger partial charge in [0.05, 0.1) is 5.41 Å². The summed E-state index contributed by atoms with van der Waals surface area (Å²) in [5.74, 6) is -1.07. The molecule has 2 aromatic carbocycles. The Morgan fingerprint density at radius 2 is 1.57 bits per heavy atom. The van der Waals surface area contributed by atoms with Crippen molar-refractivity contribution in [2.24, 2.45) is 0 Å². The van der Waals surface area contributed by atoms with Gasteiger partial charge in [0.15, 0.2) is 0 Å². The second-order valence-corrected chi connectivity index (χ2v) is 5.94. The van der Waals surface area contributed by atoms with E-state index in [0.29, 0.717) is 23.4 Å². The van der Waals surface area contributed by atoms with Crippen LogP contribution in [0, 0.1) is 5.82 Å². The van der Waals surface area contributed by atoms with Gasteiger partial charge in [-0.2, -0.15) is 0 Å². The molecule has 118 valence electrons. The molecule has 2 aromatic rings. The van der Waals surface area contributed by atoms with E-state index in [2.05, 4.69) is 10.9 Å². The molecule has 4 nitrogen and oxygen atoms in total. The molecule has 6 heteroatoms. The summed E-state index contributed by atoms with van der Waals surface area (Å²) in [5, 5.41) is 0.527. The summed E-state index contributed by atoms with van der Waals surface area (Å²) < 4.78 is 13.0. The van der Waals surface area contributed by atoms with Gasteiger partial charge >= 0.3 is 0 Å². The molecule has 0 atom stereocenters. The molecule has 0 spiro atoms. The van der Waals surface area contributed by atoms with Crippen LogP contribution in [0.5, 0.6) is 0 Å². The number of benzene rings is 2. The lowest BCUT2D eigenvalue weighted by Gasteiger charge is -2.16. The van der Waals surface area contributed by atoms with Gasteiger partial charge in [0.25, 0.3) is 5.91 Å². The Kier molecular flexibility index (Phi) is 4.05. The maximum atomic E-state index is 13.0. The molecule has 2 amide bonds. The van der Waals surface area contributed by atoms with Crippen molar-refractivity contribution in [3.05, 3.63) is 70.5 Å². The third kappa shape index (κ3) is 3.19. The molecule has 0 radical (unpaired) electrons. The Bertz CT molecular complexity index is 740. The number of hydrogen-bond donors (Lipinski definition) is 2. The average molecular weight is 333 g/mol. The fourth-order valence-electron chi connectivity index (χ4n) is 2.45. The number of carbonyl (C=O) groups is 2. The summed E-state index contributed by atoms with van der Waals surface area (Å²) in [6.45, 7) is 0. The topological polar surface area (TPSA) is 58.2 Å². The summed E-state index contributed by atoms with van der Waals surface area (Å²) in [4.78, 5) is 24.3. The van der Waals surface area contributed by atoms with Crippen LogP contribution >= 0.6 is 11.6 Å². The Labute approximate surface area is 137 Å². The Hall–Kier alpha value is -2.40. The third-order valence-corrected chi connectivity index (χ3v) is 4.23. The summed E-state index contributed by atoms with van der Waals surface area (Å²) in [6.07, 6.45) is 1.34. The molecule has 0 bridgehead atoms. The minimum absolute atomic E-state index is 0.300. The summed E-state index contributed by atoms with van der Waals surface area (Å²) in [7, 11) is 0. The first-order chi connectivity index (χ1) is 11.0. The van der Waals surface area contributed by atoms with E-state index in [4.69, 9.17) is 11.6 Å². The van der Waals surface area contributed by atoms with Gasteiger partial charge in [0.2, 0.25) is 5.91 Å². The summed E-state index contributed by atoms with van der Waals surface area (Å²) in [5.41, 5.74) is 5.29. The lowest BCUT2D eigenvalue weighted by molar-refractivity contribution is -0.124. The monoisotopic (exact) mass is 332 g/mol. The zero-order valence-corrected chi connectivity index (χ0v) is 12.9. The number of rotatable bonds is 3. The number of hydrogen-bond acceptors (Lipinski definition) is 2. The highest BCUT2D eigenvalue weighted by Gasteiger charge is 2.51. The molecule has 3 rings (SSSR count).